The second-order valence-corrected chi connectivity index (χ2v) is 4.23. The number of nitrogens with zero attached hydrogens (tertiary/aromatic N) is 2. The molecule has 2 N–H and O–H groups in total. The summed E-state index contributed by atoms with van der Waals surface area (Å²) in [5.74, 6) is 1.48. The third-order valence-corrected chi connectivity index (χ3v) is 2.63. The van der Waals surface area contributed by atoms with E-state index in [1.807, 2.05) is 13.0 Å². The molecular weight excluding hydrogens is 254 g/mol. The number of aromatic nitrogens is 2. The smallest absolute Gasteiger partial charge is 0.253 e. The van der Waals surface area contributed by atoms with Gasteiger partial charge in [-0.05, 0) is 24.6 Å². The fourth-order valence-electron chi connectivity index (χ4n) is 1.35. The van der Waals surface area contributed by atoms with Gasteiger partial charge in [-0.25, -0.2) is 0 Å². The molecule has 1 aromatic carbocycles. The van der Waals surface area contributed by atoms with Gasteiger partial charge in [0.1, 0.15) is 5.75 Å². The van der Waals surface area contributed by atoms with Crippen molar-refractivity contribution in [2.75, 3.05) is 0 Å². The summed E-state index contributed by atoms with van der Waals surface area (Å²) >= 11 is 5.84. The molecule has 0 saturated heterocycles. The number of rotatable bonds is 5. The van der Waals surface area contributed by atoms with Crippen molar-refractivity contribution in [3.8, 4) is 5.75 Å². The van der Waals surface area contributed by atoms with Crippen LogP contribution in [0.4, 0.5) is 0 Å². The van der Waals surface area contributed by atoms with E-state index < -0.39 is 0 Å². The first kappa shape index (κ1) is 12.9. The highest BCUT2D eigenvalue weighted by atomic mass is 35.5. The van der Waals surface area contributed by atoms with E-state index in [-0.39, 0.29) is 12.6 Å². The molecule has 0 amide bonds. The fourth-order valence-corrected chi connectivity index (χ4v) is 1.53. The fraction of sp³-hybridized carbons (Fsp3) is 0.333. The zero-order valence-electron chi connectivity index (χ0n) is 9.97. The molecule has 2 aromatic rings. The molecular formula is C12H14ClN3O2. The van der Waals surface area contributed by atoms with Crippen LogP contribution in [0.15, 0.2) is 28.7 Å². The minimum atomic E-state index is -0.225. The average Bonchev–Trinajstić information content (AvgIpc) is 2.84. The Morgan fingerprint density at radius 2 is 2.28 bits per heavy atom. The van der Waals surface area contributed by atoms with Crippen LogP contribution in [0.1, 0.15) is 31.2 Å². The Kier molecular flexibility index (Phi) is 4.17. The van der Waals surface area contributed by atoms with E-state index in [2.05, 4.69) is 10.2 Å². The molecule has 2 rings (SSSR count). The Morgan fingerprint density at radius 1 is 1.44 bits per heavy atom. The summed E-state index contributed by atoms with van der Waals surface area (Å²) in [4.78, 5) is 0. The minimum absolute atomic E-state index is 0.198. The van der Waals surface area contributed by atoms with Crippen LogP contribution in [0.3, 0.4) is 0 Å². The van der Waals surface area contributed by atoms with E-state index in [1.165, 1.54) is 0 Å². The molecule has 1 aromatic heterocycles. The first-order chi connectivity index (χ1) is 8.69. The van der Waals surface area contributed by atoms with E-state index in [1.54, 1.807) is 18.2 Å². The molecule has 0 aliphatic rings. The van der Waals surface area contributed by atoms with E-state index in [9.17, 15) is 0 Å². The van der Waals surface area contributed by atoms with Crippen molar-refractivity contribution in [3.05, 3.63) is 41.1 Å². The molecule has 6 heteroatoms. The van der Waals surface area contributed by atoms with E-state index in [0.717, 1.165) is 6.42 Å². The molecule has 18 heavy (non-hydrogen) atoms. The molecule has 0 radical (unpaired) electrons. The standard InChI is InChI=1S/C12H14ClN3O2/c1-2-10(14)12-16-15-11(18-12)7-17-9-5-3-4-8(13)6-9/h3-6,10H,2,7,14H2,1H3. The van der Waals surface area contributed by atoms with Crippen molar-refractivity contribution in [2.24, 2.45) is 5.73 Å². The summed E-state index contributed by atoms with van der Waals surface area (Å²) in [6.45, 7) is 2.15. The Balaban J connectivity index is 1.96. The molecule has 5 nitrogen and oxygen atoms in total. The van der Waals surface area contributed by atoms with Crippen LogP contribution in [0.25, 0.3) is 0 Å². The molecule has 1 unspecified atom stereocenters. The van der Waals surface area contributed by atoms with Gasteiger partial charge in [0, 0.05) is 5.02 Å². The van der Waals surface area contributed by atoms with E-state index >= 15 is 0 Å². The van der Waals surface area contributed by atoms with Crippen molar-refractivity contribution >= 4 is 11.6 Å². The van der Waals surface area contributed by atoms with Crippen LogP contribution in [0.5, 0.6) is 5.75 Å². The predicted molar refractivity (Wildman–Crippen MR) is 67.3 cm³/mol. The highest BCUT2D eigenvalue weighted by molar-refractivity contribution is 6.30. The van der Waals surface area contributed by atoms with Gasteiger partial charge in [0.15, 0.2) is 6.61 Å². The second-order valence-electron chi connectivity index (χ2n) is 3.79. The SMILES string of the molecule is CCC(N)c1nnc(COc2cccc(Cl)c2)o1. The van der Waals surface area contributed by atoms with Gasteiger partial charge in [-0.1, -0.05) is 24.6 Å². The lowest BCUT2D eigenvalue weighted by Crippen LogP contribution is -2.08. The summed E-state index contributed by atoms with van der Waals surface area (Å²) in [5.41, 5.74) is 5.78. The van der Waals surface area contributed by atoms with Crippen molar-refractivity contribution in [3.63, 3.8) is 0 Å². The van der Waals surface area contributed by atoms with Gasteiger partial charge in [0.2, 0.25) is 5.89 Å². The lowest BCUT2D eigenvalue weighted by Gasteiger charge is -2.03. The average molecular weight is 268 g/mol. The first-order valence-electron chi connectivity index (χ1n) is 5.65. The Labute approximate surface area is 110 Å². The van der Waals surface area contributed by atoms with E-state index in [4.69, 9.17) is 26.5 Å². The number of benzene rings is 1. The van der Waals surface area contributed by atoms with Crippen LogP contribution in [-0.4, -0.2) is 10.2 Å². The largest absolute Gasteiger partial charge is 0.484 e. The molecule has 0 spiro atoms. The highest BCUT2D eigenvalue weighted by Crippen LogP contribution is 2.18. The van der Waals surface area contributed by atoms with Gasteiger partial charge in [-0.3, -0.25) is 0 Å². The van der Waals surface area contributed by atoms with Crippen LogP contribution >= 0.6 is 11.6 Å². The normalized spacial score (nSPS) is 12.4. The first-order valence-corrected chi connectivity index (χ1v) is 6.03. The van der Waals surface area contributed by atoms with Gasteiger partial charge in [-0.2, -0.15) is 0 Å². The third-order valence-electron chi connectivity index (χ3n) is 2.40. The second kappa shape index (κ2) is 5.84. The maximum absolute atomic E-state index is 5.84. The molecule has 1 atom stereocenters. The number of hydrogen-bond acceptors (Lipinski definition) is 5. The minimum Gasteiger partial charge on any atom is -0.484 e. The maximum Gasteiger partial charge on any atom is 0.253 e. The lowest BCUT2D eigenvalue weighted by atomic mass is 10.2. The maximum atomic E-state index is 5.84. The molecule has 0 aliphatic carbocycles. The van der Waals surface area contributed by atoms with Crippen LogP contribution < -0.4 is 10.5 Å². The summed E-state index contributed by atoms with van der Waals surface area (Å²) in [5, 5.41) is 8.35. The molecule has 0 bridgehead atoms. The number of halogens is 1. The highest BCUT2D eigenvalue weighted by Gasteiger charge is 2.12. The van der Waals surface area contributed by atoms with Gasteiger partial charge in [-0.15, -0.1) is 10.2 Å². The monoisotopic (exact) mass is 267 g/mol. The third kappa shape index (κ3) is 3.21. The lowest BCUT2D eigenvalue weighted by molar-refractivity contribution is 0.256. The topological polar surface area (TPSA) is 74.2 Å². The summed E-state index contributed by atoms with van der Waals surface area (Å²) in [6, 6.07) is 6.89. The number of nitrogens with two attached hydrogens (primary N) is 1. The van der Waals surface area contributed by atoms with Crippen LogP contribution in [0, 0.1) is 0 Å². The zero-order chi connectivity index (χ0) is 13.0. The Morgan fingerprint density at radius 3 is 3.00 bits per heavy atom. The Bertz CT molecular complexity index is 516. The number of ether oxygens (including phenoxy) is 1. The summed E-state index contributed by atoms with van der Waals surface area (Å²) in [6.07, 6.45) is 0.747. The van der Waals surface area contributed by atoms with Gasteiger partial charge >= 0.3 is 0 Å². The molecule has 0 fully saturated rings. The molecule has 96 valence electrons. The number of hydrogen-bond donors (Lipinski definition) is 1. The van der Waals surface area contributed by atoms with Gasteiger partial charge < -0.3 is 14.9 Å². The van der Waals surface area contributed by atoms with Crippen molar-refractivity contribution in [2.45, 2.75) is 26.0 Å². The quantitative estimate of drug-likeness (QED) is 0.901. The van der Waals surface area contributed by atoms with Crippen molar-refractivity contribution < 1.29 is 9.15 Å². The zero-order valence-corrected chi connectivity index (χ0v) is 10.7. The molecule has 0 saturated carbocycles. The molecule has 0 aliphatic heterocycles. The van der Waals surface area contributed by atoms with Crippen LogP contribution in [-0.2, 0) is 6.61 Å². The van der Waals surface area contributed by atoms with Crippen LogP contribution in [0.2, 0.25) is 5.02 Å². The van der Waals surface area contributed by atoms with Crippen molar-refractivity contribution in [1.82, 2.24) is 10.2 Å². The predicted octanol–water partition coefficient (Wildman–Crippen LogP) is 2.71. The molecule has 1 heterocycles. The Hall–Kier alpha value is -1.59. The summed E-state index contributed by atoms with van der Waals surface area (Å²) in [7, 11) is 0. The van der Waals surface area contributed by atoms with Gasteiger partial charge in [0.05, 0.1) is 6.04 Å². The van der Waals surface area contributed by atoms with Crippen molar-refractivity contribution in [1.29, 1.82) is 0 Å². The van der Waals surface area contributed by atoms with Gasteiger partial charge in [0.25, 0.3) is 5.89 Å². The van der Waals surface area contributed by atoms with E-state index in [0.29, 0.717) is 22.6 Å². The summed E-state index contributed by atoms with van der Waals surface area (Å²) < 4.78 is 10.9.